The number of hydrogen-bond donors (Lipinski definition) is 0. The molecule has 8 nitrogen and oxygen atoms in total. The second kappa shape index (κ2) is 9.70. The smallest absolute Gasteiger partial charge is 0.425 e. The molecule has 1 aromatic heterocycles. The molecular weight excluding hydrogens is 436 g/mol. The predicted molar refractivity (Wildman–Crippen MR) is 103 cm³/mol. The Morgan fingerprint density at radius 1 is 1.38 bits per heavy atom. The summed E-state index contributed by atoms with van der Waals surface area (Å²) in [5.41, 5.74) is -1.60. The quantitative estimate of drug-likeness (QED) is 0.591. The maximum absolute atomic E-state index is 14.7. The van der Waals surface area contributed by atoms with E-state index in [9.17, 15) is 22.4 Å². The molecular formula is C20H22F4N4O4. The van der Waals surface area contributed by atoms with Crippen molar-refractivity contribution in [2.45, 2.75) is 64.8 Å². The van der Waals surface area contributed by atoms with Crippen LogP contribution in [0.15, 0.2) is 16.9 Å². The number of nitriles is 1. The van der Waals surface area contributed by atoms with E-state index in [0.717, 1.165) is 25.8 Å². The van der Waals surface area contributed by atoms with E-state index >= 15 is 0 Å². The lowest BCUT2D eigenvalue weighted by molar-refractivity contribution is -0.189. The van der Waals surface area contributed by atoms with Gasteiger partial charge in [0, 0.05) is 19.2 Å². The van der Waals surface area contributed by atoms with Crippen molar-refractivity contribution in [1.29, 1.82) is 5.26 Å². The van der Waals surface area contributed by atoms with Crippen LogP contribution in [0.25, 0.3) is 5.69 Å². The van der Waals surface area contributed by atoms with Crippen molar-refractivity contribution in [1.82, 2.24) is 14.3 Å². The number of rotatable bonds is 7. The zero-order valence-electron chi connectivity index (χ0n) is 17.5. The average molecular weight is 458 g/mol. The number of ether oxygens (including phenoxy) is 3. The topological polar surface area (TPSA) is 91.3 Å². The minimum Gasteiger partial charge on any atom is -0.480 e. The highest BCUT2D eigenvalue weighted by Gasteiger charge is 2.38. The van der Waals surface area contributed by atoms with Gasteiger partial charge in [0.2, 0.25) is 0 Å². The molecule has 0 unspecified atom stereocenters. The number of alkyl halides is 3. The molecule has 0 N–H and O–H groups in total. The first-order valence-electron chi connectivity index (χ1n) is 10.0. The van der Waals surface area contributed by atoms with Crippen LogP contribution in [0.4, 0.5) is 17.6 Å². The summed E-state index contributed by atoms with van der Waals surface area (Å²) < 4.78 is 71.3. The zero-order valence-corrected chi connectivity index (χ0v) is 17.5. The highest BCUT2D eigenvalue weighted by Crippen LogP contribution is 2.30. The van der Waals surface area contributed by atoms with Gasteiger partial charge in [-0.05, 0) is 39.2 Å². The van der Waals surface area contributed by atoms with E-state index in [1.54, 1.807) is 13.0 Å². The van der Waals surface area contributed by atoms with E-state index in [-0.39, 0.29) is 19.0 Å². The van der Waals surface area contributed by atoms with Gasteiger partial charge in [0.1, 0.15) is 24.1 Å². The van der Waals surface area contributed by atoms with Gasteiger partial charge < -0.3 is 14.2 Å². The lowest BCUT2D eigenvalue weighted by atomic mass is 10.2. The van der Waals surface area contributed by atoms with Gasteiger partial charge >= 0.3 is 11.9 Å². The fourth-order valence-electron chi connectivity index (χ4n) is 3.18. The molecule has 0 bridgehead atoms. The minimum absolute atomic E-state index is 0.0763. The number of hydrogen-bond acceptors (Lipinski definition) is 6. The average Bonchev–Trinajstić information content (AvgIpc) is 3.08. The van der Waals surface area contributed by atoms with Crippen molar-refractivity contribution in [3.63, 3.8) is 0 Å². The van der Waals surface area contributed by atoms with E-state index in [0.29, 0.717) is 23.8 Å². The van der Waals surface area contributed by atoms with E-state index < -0.39 is 47.1 Å². The largest absolute Gasteiger partial charge is 0.480 e. The van der Waals surface area contributed by atoms with Crippen LogP contribution in [0.1, 0.15) is 44.5 Å². The van der Waals surface area contributed by atoms with E-state index in [1.165, 1.54) is 4.57 Å². The van der Waals surface area contributed by atoms with Crippen molar-refractivity contribution >= 4 is 0 Å². The van der Waals surface area contributed by atoms with Crippen molar-refractivity contribution in [2.24, 2.45) is 0 Å². The second-order valence-corrected chi connectivity index (χ2v) is 7.18. The van der Waals surface area contributed by atoms with Crippen LogP contribution in [0.3, 0.4) is 0 Å². The molecule has 3 rings (SSSR count). The van der Waals surface area contributed by atoms with Gasteiger partial charge in [-0.1, -0.05) is 0 Å². The minimum atomic E-state index is -4.70. The molecule has 174 valence electrons. The van der Waals surface area contributed by atoms with Crippen LogP contribution in [0.2, 0.25) is 0 Å². The summed E-state index contributed by atoms with van der Waals surface area (Å²) in [6, 6.07) is 3.16. The fourth-order valence-corrected chi connectivity index (χ4v) is 3.18. The summed E-state index contributed by atoms with van der Waals surface area (Å²) in [7, 11) is 0. The van der Waals surface area contributed by atoms with Crippen LogP contribution in [-0.2, 0) is 22.6 Å². The Kier molecular flexibility index (Phi) is 7.20. The number of nitrogens with zero attached hydrogens (tertiary/aromatic N) is 4. The van der Waals surface area contributed by atoms with Gasteiger partial charge in [-0.25, -0.2) is 9.18 Å². The van der Waals surface area contributed by atoms with Crippen molar-refractivity contribution in [3.8, 4) is 17.5 Å². The Morgan fingerprint density at radius 3 is 2.72 bits per heavy atom. The molecule has 2 heterocycles. The molecule has 2 aromatic rings. The van der Waals surface area contributed by atoms with Crippen LogP contribution in [0.5, 0.6) is 5.75 Å². The summed E-state index contributed by atoms with van der Waals surface area (Å²) in [6.45, 7) is 3.13. The number of benzene rings is 1. The maximum Gasteiger partial charge on any atom is 0.425 e. The number of aromatic nitrogens is 3. The van der Waals surface area contributed by atoms with Gasteiger partial charge in [0.05, 0.1) is 5.56 Å². The Balaban J connectivity index is 1.96. The monoisotopic (exact) mass is 458 g/mol. The zero-order chi connectivity index (χ0) is 23.5. The summed E-state index contributed by atoms with van der Waals surface area (Å²) in [6.07, 6.45) is -4.83. The molecule has 1 aliphatic heterocycles. The van der Waals surface area contributed by atoms with Crippen LogP contribution < -0.4 is 10.4 Å². The molecule has 1 aromatic carbocycles. The van der Waals surface area contributed by atoms with Gasteiger partial charge in [-0.15, -0.1) is 5.10 Å². The fraction of sp³-hybridized carbons (Fsp3) is 0.550. The molecule has 0 spiro atoms. The third-order valence-corrected chi connectivity index (χ3v) is 4.95. The highest BCUT2D eigenvalue weighted by atomic mass is 19.4. The van der Waals surface area contributed by atoms with Crippen molar-refractivity contribution < 1.29 is 31.8 Å². The van der Waals surface area contributed by atoms with Gasteiger partial charge in [0.15, 0.2) is 24.0 Å². The SMILES string of the molecule is CCn1c(CO[C@H]2CCCCO2)nn(-c2cc(O[C@@H](C)C(F)(F)F)c(C#N)cc2F)c1=O. The third kappa shape index (κ3) is 5.11. The molecule has 0 saturated carbocycles. The van der Waals surface area contributed by atoms with Gasteiger partial charge in [0.25, 0.3) is 0 Å². The van der Waals surface area contributed by atoms with Crippen LogP contribution in [0, 0.1) is 17.1 Å². The van der Waals surface area contributed by atoms with Gasteiger partial charge in [-0.3, -0.25) is 4.57 Å². The molecule has 0 radical (unpaired) electrons. The van der Waals surface area contributed by atoms with E-state index in [1.807, 2.05) is 0 Å². The highest BCUT2D eigenvalue weighted by molar-refractivity contribution is 5.51. The summed E-state index contributed by atoms with van der Waals surface area (Å²) in [5, 5.41) is 13.3. The molecule has 12 heteroatoms. The van der Waals surface area contributed by atoms with Gasteiger partial charge in [-0.2, -0.15) is 23.1 Å². The van der Waals surface area contributed by atoms with Crippen molar-refractivity contribution in [3.05, 3.63) is 39.8 Å². The summed E-state index contributed by atoms with van der Waals surface area (Å²) in [5.74, 6) is -1.33. The number of halogens is 4. The molecule has 32 heavy (non-hydrogen) atoms. The first-order valence-corrected chi connectivity index (χ1v) is 10.0. The maximum atomic E-state index is 14.7. The third-order valence-electron chi connectivity index (χ3n) is 4.95. The normalized spacial score (nSPS) is 17.7. The predicted octanol–water partition coefficient (Wildman–Crippen LogP) is 3.44. The second-order valence-electron chi connectivity index (χ2n) is 7.18. The standard InChI is InChI=1S/C20H22F4N4O4/c1-3-27-17(11-31-18-6-4-5-7-30-18)26-28(19(27)29)15-9-16(13(10-25)8-14(15)21)32-12(2)20(22,23)24/h8-9,12,18H,3-7,11H2,1-2H3/t12-,18-/m0/s1. The Labute approximate surface area is 180 Å². The molecule has 1 aliphatic rings. The molecule has 2 atom stereocenters. The van der Waals surface area contributed by atoms with E-state index in [4.69, 9.17) is 19.5 Å². The van der Waals surface area contributed by atoms with Crippen LogP contribution >= 0.6 is 0 Å². The Morgan fingerprint density at radius 2 is 2.12 bits per heavy atom. The Bertz CT molecular complexity index is 1050. The molecule has 0 aliphatic carbocycles. The molecule has 1 saturated heterocycles. The first-order chi connectivity index (χ1) is 15.2. The first kappa shape index (κ1) is 23.7. The Hall–Kier alpha value is -2.91. The van der Waals surface area contributed by atoms with Crippen molar-refractivity contribution in [2.75, 3.05) is 6.61 Å². The lowest BCUT2D eigenvalue weighted by Crippen LogP contribution is -2.31. The van der Waals surface area contributed by atoms with Crippen LogP contribution in [-0.4, -0.2) is 39.5 Å². The summed E-state index contributed by atoms with van der Waals surface area (Å²) in [4.78, 5) is 12.8. The lowest BCUT2D eigenvalue weighted by Gasteiger charge is -2.22. The summed E-state index contributed by atoms with van der Waals surface area (Å²) >= 11 is 0. The molecule has 0 amide bonds. The van der Waals surface area contributed by atoms with E-state index in [2.05, 4.69) is 5.10 Å². The molecule has 1 fully saturated rings.